The third kappa shape index (κ3) is 1.53. The summed E-state index contributed by atoms with van der Waals surface area (Å²) < 4.78 is 5.05. The van der Waals surface area contributed by atoms with Crippen molar-refractivity contribution in [1.82, 2.24) is 5.32 Å². The lowest BCUT2D eigenvalue weighted by Crippen LogP contribution is -2.21. The number of rotatable bonds is 4. The van der Waals surface area contributed by atoms with Gasteiger partial charge in [-0.15, -0.1) is 0 Å². The van der Waals surface area contributed by atoms with E-state index in [0.29, 0.717) is 5.41 Å². The van der Waals surface area contributed by atoms with Gasteiger partial charge < -0.3 is 9.73 Å². The van der Waals surface area contributed by atoms with Gasteiger partial charge in [0.25, 0.3) is 0 Å². The number of hydrogen-bond donors (Lipinski definition) is 1. The maximum Gasteiger partial charge on any atom is 0.0934 e. The minimum Gasteiger partial charge on any atom is -0.472 e. The van der Waals surface area contributed by atoms with Crippen LogP contribution in [0.25, 0.3) is 0 Å². The van der Waals surface area contributed by atoms with Crippen LogP contribution in [0.3, 0.4) is 0 Å². The lowest BCUT2D eigenvalue weighted by Gasteiger charge is -2.12. The molecule has 1 heterocycles. The van der Waals surface area contributed by atoms with Gasteiger partial charge in [-0.25, -0.2) is 0 Å². The van der Waals surface area contributed by atoms with Crippen molar-refractivity contribution in [1.29, 1.82) is 0 Å². The van der Waals surface area contributed by atoms with Crippen LogP contribution in [-0.4, -0.2) is 13.6 Å². The van der Waals surface area contributed by atoms with E-state index in [1.807, 2.05) is 13.3 Å². The van der Waals surface area contributed by atoms with Crippen molar-refractivity contribution in [3.8, 4) is 0 Å². The molecule has 0 aliphatic heterocycles. The molecule has 0 atom stereocenters. The summed E-state index contributed by atoms with van der Waals surface area (Å²) in [6, 6.07) is 2.07. The molecule has 1 aromatic heterocycles. The normalized spacial score (nSPS) is 19.4. The Balaban J connectivity index is 1.94. The first-order valence-corrected chi connectivity index (χ1v) is 4.50. The average molecular weight is 165 g/mol. The van der Waals surface area contributed by atoms with Crippen molar-refractivity contribution in [3.63, 3.8) is 0 Å². The van der Waals surface area contributed by atoms with E-state index in [2.05, 4.69) is 11.4 Å². The Hall–Kier alpha value is -0.760. The molecule has 0 bridgehead atoms. The maximum atomic E-state index is 5.05. The topological polar surface area (TPSA) is 25.2 Å². The smallest absolute Gasteiger partial charge is 0.0934 e. The molecule has 1 aromatic rings. The highest BCUT2D eigenvalue weighted by Crippen LogP contribution is 2.47. The number of furan rings is 1. The molecule has 1 saturated carbocycles. The highest BCUT2D eigenvalue weighted by Gasteiger charge is 2.41. The molecule has 2 rings (SSSR count). The number of hydrogen-bond acceptors (Lipinski definition) is 2. The van der Waals surface area contributed by atoms with E-state index in [0.717, 1.165) is 6.54 Å². The third-order valence-corrected chi connectivity index (χ3v) is 2.67. The van der Waals surface area contributed by atoms with Gasteiger partial charge in [0.1, 0.15) is 0 Å². The monoisotopic (exact) mass is 165 g/mol. The molecule has 2 nitrogen and oxygen atoms in total. The largest absolute Gasteiger partial charge is 0.472 e. The van der Waals surface area contributed by atoms with Crippen LogP contribution in [0.1, 0.15) is 18.4 Å². The summed E-state index contributed by atoms with van der Waals surface area (Å²) >= 11 is 0. The predicted molar refractivity (Wildman–Crippen MR) is 48.0 cm³/mol. The van der Waals surface area contributed by atoms with Crippen molar-refractivity contribution in [2.24, 2.45) is 5.41 Å². The maximum absolute atomic E-state index is 5.05. The first kappa shape index (κ1) is 7.87. The Kier molecular flexibility index (Phi) is 1.93. The molecule has 0 radical (unpaired) electrons. The predicted octanol–water partition coefficient (Wildman–Crippen LogP) is 1.82. The van der Waals surface area contributed by atoms with Crippen LogP contribution < -0.4 is 5.32 Å². The molecule has 0 spiro atoms. The second kappa shape index (κ2) is 2.94. The molecule has 66 valence electrons. The van der Waals surface area contributed by atoms with Gasteiger partial charge in [0, 0.05) is 6.54 Å². The molecule has 1 N–H and O–H groups in total. The second-order valence-electron chi connectivity index (χ2n) is 3.84. The summed E-state index contributed by atoms with van der Waals surface area (Å²) in [7, 11) is 2.02. The van der Waals surface area contributed by atoms with Gasteiger partial charge in [-0.3, -0.25) is 0 Å². The zero-order valence-corrected chi connectivity index (χ0v) is 7.47. The van der Waals surface area contributed by atoms with Gasteiger partial charge in [-0.2, -0.15) is 0 Å². The van der Waals surface area contributed by atoms with Gasteiger partial charge in [0.15, 0.2) is 0 Å². The van der Waals surface area contributed by atoms with Crippen LogP contribution in [0.2, 0.25) is 0 Å². The first-order valence-electron chi connectivity index (χ1n) is 4.50. The fourth-order valence-electron chi connectivity index (χ4n) is 1.79. The van der Waals surface area contributed by atoms with Gasteiger partial charge in [0.05, 0.1) is 12.5 Å². The number of nitrogens with one attached hydrogen (secondary N) is 1. The minimum atomic E-state index is 0.554. The second-order valence-corrected chi connectivity index (χ2v) is 3.84. The average Bonchev–Trinajstić information content (AvgIpc) is 2.63. The molecule has 0 saturated heterocycles. The molecule has 2 heteroatoms. The van der Waals surface area contributed by atoms with E-state index in [1.165, 1.54) is 24.8 Å². The van der Waals surface area contributed by atoms with Gasteiger partial charge in [-0.05, 0) is 43.4 Å². The van der Waals surface area contributed by atoms with Gasteiger partial charge in [0.2, 0.25) is 0 Å². The Morgan fingerprint density at radius 3 is 2.92 bits per heavy atom. The summed E-state index contributed by atoms with van der Waals surface area (Å²) in [6.07, 6.45) is 7.50. The summed E-state index contributed by atoms with van der Waals surface area (Å²) in [6.45, 7) is 1.14. The zero-order valence-electron chi connectivity index (χ0n) is 7.47. The molecule has 0 unspecified atom stereocenters. The third-order valence-electron chi connectivity index (χ3n) is 2.67. The van der Waals surface area contributed by atoms with Crippen LogP contribution in [0.15, 0.2) is 23.0 Å². The molecular formula is C10H15NO. The molecule has 12 heavy (non-hydrogen) atoms. The fourth-order valence-corrected chi connectivity index (χ4v) is 1.79. The summed E-state index contributed by atoms with van der Waals surface area (Å²) in [5.74, 6) is 0. The van der Waals surface area contributed by atoms with Crippen molar-refractivity contribution in [2.45, 2.75) is 19.3 Å². The van der Waals surface area contributed by atoms with Crippen LogP contribution in [0.4, 0.5) is 0 Å². The van der Waals surface area contributed by atoms with Crippen LogP contribution >= 0.6 is 0 Å². The van der Waals surface area contributed by atoms with E-state index >= 15 is 0 Å². The standard InChI is InChI=1S/C10H15NO/c1-11-8-10(3-4-10)6-9-2-5-12-7-9/h2,5,7,11H,3-4,6,8H2,1H3. The highest BCUT2D eigenvalue weighted by atomic mass is 16.3. The molecule has 1 aliphatic rings. The van der Waals surface area contributed by atoms with Crippen molar-refractivity contribution in [3.05, 3.63) is 24.2 Å². The Morgan fingerprint density at radius 1 is 1.58 bits per heavy atom. The van der Waals surface area contributed by atoms with E-state index in [4.69, 9.17) is 4.42 Å². The van der Waals surface area contributed by atoms with E-state index in [1.54, 1.807) is 6.26 Å². The molecule has 0 amide bonds. The van der Waals surface area contributed by atoms with Crippen LogP contribution in [-0.2, 0) is 6.42 Å². The summed E-state index contributed by atoms with van der Waals surface area (Å²) in [5.41, 5.74) is 1.89. The fraction of sp³-hybridized carbons (Fsp3) is 0.600. The minimum absolute atomic E-state index is 0.554. The molecule has 1 aliphatic carbocycles. The van der Waals surface area contributed by atoms with Crippen molar-refractivity contribution in [2.75, 3.05) is 13.6 Å². The molecular weight excluding hydrogens is 150 g/mol. The van der Waals surface area contributed by atoms with E-state index < -0.39 is 0 Å². The zero-order chi connectivity index (χ0) is 8.44. The van der Waals surface area contributed by atoms with Gasteiger partial charge >= 0.3 is 0 Å². The van der Waals surface area contributed by atoms with E-state index in [9.17, 15) is 0 Å². The summed E-state index contributed by atoms with van der Waals surface area (Å²) in [4.78, 5) is 0. The molecule has 1 fully saturated rings. The lowest BCUT2D eigenvalue weighted by atomic mass is 9.98. The Morgan fingerprint density at radius 2 is 2.42 bits per heavy atom. The Bertz CT molecular complexity index is 236. The lowest BCUT2D eigenvalue weighted by molar-refractivity contribution is 0.473. The van der Waals surface area contributed by atoms with Gasteiger partial charge in [-0.1, -0.05) is 0 Å². The van der Waals surface area contributed by atoms with Crippen LogP contribution in [0.5, 0.6) is 0 Å². The van der Waals surface area contributed by atoms with Crippen molar-refractivity contribution < 1.29 is 4.42 Å². The highest BCUT2D eigenvalue weighted by molar-refractivity contribution is 5.12. The van der Waals surface area contributed by atoms with Crippen molar-refractivity contribution >= 4 is 0 Å². The SMILES string of the molecule is CNCC1(Cc2ccoc2)CC1. The first-order chi connectivity index (χ1) is 5.85. The molecule has 0 aromatic carbocycles. The van der Waals surface area contributed by atoms with E-state index in [-0.39, 0.29) is 0 Å². The van der Waals surface area contributed by atoms with Crippen LogP contribution in [0, 0.1) is 5.41 Å². The quantitative estimate of drug-likeness (QED) is 0.736. The Labute approximate surface area is 73.0 Å². The summed E-state index contributed by atoms with van der Waals surface area (Å²) in [5, 5.41) is 3.25.